The zero-order valence-electron chi connectivity index (χ0n) is 9.67. The predicted octanol–water partition coefficient (Wildman–Crippen LogP) is 3.43. The van der Waals surface area contributed by atoms with E-state index < -0.39 is 6.10 Å². The molecular formula is C15H16O2. The maximum Gasteiger partial charge on any atom is 0.132 e. The molecule has 1 aliphatic carbocycles. The van der Waals surface area contributed by atoms with Crippen molar-refractivity contribution in [2.75, 3.05) is 0 Å². The molecule has 0 saturated carbocycles. The van der Waals surface area contributed by atoms with Gasteiger partial charge in [-0.1, -0.05) is 24.3 Å². The normalized spacial score (nSPS) is 20.9. The van der Waals surface area contributed by atoms with Gasteiger partial charge in [0.15, 0.2) is 0 Å². The van der Waals surface area contributed by atoms with Gasteiger partial charge in [0.25, 0.3) is 0 Å². The second-order valence-corrected chi connectivity index (χ2v) is 4.66. The second-order valence-electron chi connectivity index (χ2n) is 4.66. The Balaban J connectivity index is 1.95. The summed E-state index contributed by atoms with van der Waals surface area (Å²) in [5, 5.41) is 10.4. The molecule has 88 valence electrons. The Morgan fingerprint density at radius 2 is 2.06 bits per heavy atom. The van der Waals surface area contributed by atoms with E-state index in [0.29, 0.717) is 5.76 Å². The van der Waals surface area contributed by atoms with Crippen molar-refractivity contribution >= 4 is 0 Å². The SMILES string of the molecule is OC(c1ccco1)C1CCCc2ccccc21. The molecule has 0 aliphatic heterocycles. The molecule has 0 radical (unpaired) electrons. The van der Waals surface area contributed by atoms with Crippen molar-refractivity contribution in [2.45, 2.75) is 31.3 Å². The lowest BCUT2D eigenvalue weighted by Gasteiger charge is -2.28. The molecule has 2 heteroatoms. The van der Waals surface area contributed by atoms with Crippen molar-refractivity contribution in [3.63, 3.8) is 0 Å². The van der Waals surface area contributed by atoms with Crippen LogP contribution in [0.15, 0.2) is 47.1 Å². The zero-order chi connectivity index (χ0) is 11.7. The van der Waals surface area contributed by atoms with Crippen LogP contribution in [0.4, 0.5) is 0 Å². The summed E-state index contributed by atoms with van der Waals surface area (Å²) in [6, 6.07) is 12.1. The van der Waals surface area contributed by atoms with Crippen LogP contribution in [0.1, 0.15) is 41.8 Å². The van der Waals surface area contributed by atoms with Crippen molar-refractivity contribution in [1.82, 2.24) is 0 Å². The number of aryl methyl sites for hydroxylation is 1. The first-order valence-electron chi connectivity index (χ1n) is 6.15. The molecule has 0 amide bonds. The first kappa shape index (κ1) is 10.6. The zero-order valence-corrected chi connectivity index (χ0v) is 9.67. The summed E-state index contributed by atoms with van der Waals surface area (Å²) >= 11 is 0. The maximum atomic E-state index is 10.4. The third kappa shape index (κ3) is 1.89. The van der Waals surface area contributed by atoms with Crippen molar-refractivity contribution < 1.29 is 9.52 Å². The Morgan fingerprint density at radius 3 is 2.88 bits per heavy atom. The van der Waals surface area contributed by atoms with Crippen LogP contribution in [0.3, 0.4) is 0 Å². The lowest BCUT2D eigenvalue weighted by atomic mass is 9.79. The molecule has 0 bridgehead atoms. The molecule has 0 saturated heterocycles. The highest BCUT2D eigenvalue weighted by molar-refractivity contribution is 5.34. The van der Waals surface area contributed by atoms with Gasteiger partial charge in [-0.2, -0.15) is 0 Å². The monoisotopic (exact) mass is 228 g/mol. The quantitative estimate of drug-likeness (QED) is 0.854. The number of furan rings is 1. The van der Waals surface area contributed by atoms with Crippen molar-refractivity contribution in [3.8, 4) is 0 Å². The van der Waals surface area contributed by atoms with E-state index in [9.17, 15) is 5.11 Å². The fourth-order valence-electron chi connectivity index (χ4n) is 2.78. The number of rotatable bonds is 2. The van der Waals surface area contributed by atoms with Gasteiger partial charge in [0, 0.05) is 5.92 Å². The molecule has 17 heavy (non-hydrogen) atoms. The van der Waals surface area contributed by atoms with Crippen LogP contribution in [0.25, 0.3) is 0 Å². The van der Waals surface area contributed by atoms with E-state index in [1.54, 1.807) is 6.26 Å². The minimum Gasteiger partial charge on any atom is -0.467 e. The van der Waals surface area contributed by atoms with Gasteiger partial charge >= 0.3 is 0 Å². The first-order valence-corrected chi connectivity index (χ1v) is 6.15. The Kier molecular flexibility index (Phi) is 2.73. The van der Waals surface area contributed by atoms with Crippen LogP contribution in [0, 0.1) is 0 Å². The van der Waals surface area contributed by atoms with Crippen LogP contribution >= 0.6 is 0 Å². The third-order valence-corrected chi connectivity index (χ3v) is 3.63. The summed E-state index contributed by atoms with van der Waals surface area (Å²) in [4.78, 5) is 0. The average molecular weight is 228 g/mol. The van der Waals surface area contributed by atoms with Crippen LogP contribution in [0.2, 0.25) is 0 Å². The van der Waals surface area contributed by atoms with Crippen LogP contribution in [-0.2, 0) is 6.42 Å². The smallest absolute Gasteiger partial charge is 0.132 e. The Morgan fingerprint density at radius 1 is 1.18 bits per heavy atom. The molecular weight excluding hydrogens is 212 g/mol. The van der Waals surface area contributed by atoms with Crippen LogP contribution in [-0.4, -0.2) is 5.11 Å². The molecule has 2 atom stereocenters. The van der Waals surface area contributed by atoms with E-state index in [4.69, 9.17) is 4.42 Å². The maximum absolute atomic E-state index is 10.4. The van der Waals surface area contributed by atoms with Gasteiger partial charge in [-0.05, 0) is 42.5 Å². The molecule has 2 aromatic rings. The summed E-state index contributed by atoms with van der Waals surface area (Å²) in [7, 11) is 0. The minimum atomic E-state index is -0.522. The lowest BCUT2D eigenvalue weighted by Crippen LogP contribution is -2.16. The number of fused-ring (bicyclic) bond motifs is 1. The highest BCUT2D eigenvalue weighted by atomic mass is 16.4. The van der Waals surface area contributed by atoms with Crippen LogP contribution < -0.4 is 0 Å². The highest BCUT2D eigenvalue weighted by Gasteiger charge is 2.28. The van der Waals surface area contributed by atoms with Crippen molar-refractivity contribution in [3.05, 3.63) is 59.5 Å². The number of benzene rings is 1. The Hall–Kier alpha value is -1.54. The molecule has 1 aromatic carbocycles. The molecule has 2 nitrogen and oxygen atoms in total. The number of hydrogen-bond donors (Lipinski definition) is 1. The Bertz CT molecular complexity index is 487. The van der Waals surface area contributed by atoms with Crippen LogP contribution in [0.5, 0.6) is 0 Å². The van der Waals surface area contributed by atoms with Gasteiger partial charge in [0.2, 0.25) is 0 Å². The van der Waals surface area contributed by atoms with E-state index in [0.717, 1.165) is 19.3 Å². The largest absolute Gasteiger partial charge is 0.467 e. The molecule has 0 fully saturated rings. The van der Waals surface area contributed by atoms with Gasteiger partial charge in [0.05, 0.1) is 6.26 Å². The van der Waals surface area contributed by atoms with Gasteiger partial charge in [0.1, 0.15) is 11.9 Å². The second kappa shape index (κ2) is 4.38. The average Bonchev–Trinajstić information content (AvgIpc) is 2.91. The molecule has 1 heterocycles. The van der Waals surface area contributed by atoms with Gasteiger partial charge < -0.3 is 9.52 Å². The number of aliphatic hydroxyl groups excluding tert-OH is 1. The topological polar surface area (TPSA) is 33.4 Å². The standard InChI is InChI=1S/C15H16O2/c16-15(14-9-4-10-17-14)13-8-3-6-11-5-1-2-7-12(11)13/h1-2,4-5,7,9-10,13,15-16H,3,6,8H2. The molecule has 1 N–H and O–H groups in total. The highest BCUT2D eigenvalue weighted by Crippen LogP contribution is 2.40. The molecule has 0 spiro atoms. The van der Waals surface area contributed by atoms with Crippen molar-refractivity contribution in [1.29, 1.82) is 0 Å². The third-order valence-electron chi connectivity index (χ3n) is 3.63. The predicted molar refractivity (Wildman–Crippen MR) is 65.8 cm³/mol. The number of aliphatic hydroxyl groups is 1. The van der Waals surface area contributed by atoms with Crippen molar-refractivity contribution in [2.24, 2.45) is 0 Å². The lowest BCUT2D eigenvalue weighted by molar-refractivity contribution is 0.112. The minimum absolute atomic E-state index is 0.172. The van der Waals surface area contributed by atoms with Gasteiger partial charge in [-0.3, -0.25) is 0 Å². The molecule has 3 rings (SSSR count). The number of hydrogen-bond acceptors (Lipinski definition) is 2. The fraction of sp³-hybridized carbons (Fsp3) is 0.333. The summed E-state index contributed by atoms with van der Waals surface area (Å²) in [6.07, 6.45) is 4.38. The van der Waals surface area contributed by atoms with Gasteiger partial charge in [-0.25, -0.2) is 0 Å². The fourth-order valence-corrected chi connectivity index (χ4v) is 2.78. The summed E-state index contributed by atoms with van der Waals surface area (Å²) in [5.41, 5.74) is 2.65. The molecule has 1 aromatic heterocycles. The Labute approximate surface area is 101 Å². The first-order chi connectivity index (χ1) is 8.36. The summed E-state index contributed by atoms with van der Waals surface area (Å²) in [6.45, 7) is 0. The van der Waals surface area contributed by atoms with E-state index >= 15 is 0 Å². The molecule has 1 aliphatic rings. The molecule has 2 unspecified atom stereocenters. The van der Waals surface area contributed by atoms with E-state index in [1.807, 2.05) is 18.2 Å². The van der Waals surface area contributed by atoms with E-state index in [1.165, 1.54) is 11.1 Å². The summed E-state index contributed by atoms with van der Waals surface area (Å²) < 4.78 is 5.31. The van der Waals surface area contributed by atoms with Gasteiger partial charge in [-0.15, -0.1) is 0 Å². The van der Waals surface area contributed by atoms with E-state index in [-0.39, 0.29) is 5.92 Å². The summed E-state index contributed by atoms with van der Waals surface area (Å²) in [5.74, 6) is 0.845. The van der Waals surface area contributed by atoms with E-state index in [2.05, 4.69) is 18.2 Å².